The van der Waals surface area contributed by atoms with Crippen molar-refractivity contribution in [2.24, 2.45) is 0 Å². The van der Waals surface area contributed by atoms with Gasteiger partial charge in [-0.25, -0.2) is 9.97 Å². The van der Waals surface area contributed by atoms with E-state index in [1.165, 1.54) is 19.0 Å². The summed E-state index contributed by atoms with van der Waals surface area (Å²) in [6.45, 7) is 0. The zero-order valence-corrected chi connectivity index (χ0v) is 13.2. The number of hydrogen-bond donors (Lipinski definition) is 2. The molecule has 0 aliphatic heterocycles. The van der Waals surface area contributed by atoms with Crippen molar-refractivity contribution in [2.45, 2.75) is 0 Å². The van der Waals surface area contributed by atoms with Gasteiger partial charge in [0.15, 0.2) is 0 Å². The average Bonchev–Trinajstić information content (AvgIpc) is 3.55. The summed E-state index contributed by atoms with van der Waals surface area (Å²) in [4.78, 5) is 34.5. The maximum Gasteiger partial charge on any atom is 0.0919 e. The van der Waals surface area contributed by atoms with Crippen molar-refractivity contribution in [3.8, 4) is 0 Å². The van der Waals surface area contributed by atoms with Crippen LogP contribution in [0.15, 0.2) is 93.6 Å². The smallest absolute Gasteiger partial charge is 0.0919 e. The third kappa shape index (κ3) is 14.7. The third-order valence-electron chi connectivity index (χ3n) is 1.93. The minimum Gasteiger partial charge on any atom is -0.450 e. The lowest BCUT2D eigenvalue weighted by atomic mass is 11.0. The highest BCUT2D eigenvalue weighted by atomic mass is 14.8. The molecule has 0 saturated carbocycles. The minimum absolute atomic E-state index is 1.50. The van der Waals surface area contributed by atoms with Crippen LogP contribution in [0.1, 0.15) is 0 Å². The Morgan fingerprint density at radius 1 is 0.480 bits per heavy atom. The fourth-order valence-electron chi connectivity index (χ4n) is 1.01. The quantitative estimate of drug-likeness (QED) is 0.425. The van der Waals surface area contributed by atoms with E-state index in [4.69, 9.17) is 0 Å². The Morgan fingerprint density at radius 2 is 0.880 bits per heavy atom. The molecule has 0 aromatic carbocycles. The highest BCUT2D eigenvalue weighted by Gasteiger charge is 1.56. The topological polar surface area (TPSA) is 138 Å². The number of rotatable bonds is 0. The Kier molecular flexibility index (Phi) is 12.5. The molecule has 0 atom stereocenters. The second kappa shape index (κ2) is 16.4. The molecule has 0 radical (unpaired) electrons. The lowest BCUT2D eigenvalue weighted by Gasteiger charge is -1.61. The fourth-order valence-corrected chi connectivity index (χ4v) is 1.01. The molecule has 0 amide bonds. The molecule has 0 unspecified atom stereocenters. The fraction of sp³-hybridized carbons (Fsp3) is 0. The monoisotopic (exact) mass is 337 g/mol. The van der Waals surface area contributed by atoms with Crippen LogP contribution in [0.5, 0.6) is 0 Å². The average molecular weight is 337 g/mol. The molecule has 2 N–H and O–H groups in total. The second-order valence-electron chi connectivity index (χ2n) is 3.66. The third-order valence-corrected chi connectivity index (χ3v) is 1.93. The number of H-pyrrole nitrogens is 2. The van der Waals surface area contributed by atoms with Gasteiger partial charge in [0.1, 0.15) is 0 Å². The molecule has 5 rings (SSSR count). The molecule has 0 aliphatic rings. The minimum atomic E-state index is 1.50. The van der Waals surface area contributed by atoms with Gasteiger partial charge in [0, 0.05) is 24.8 Å². The summed E-state index contributed by atoms with van der Waals surface area (Å²) >= 11 is 0. The Hall–Kier alpha value is -3.95. The van der Waals surface area contributed by atoms with E-state index in [-0.39, 0.29) is 0 Å². The van der Waals surface area contributed by atoms with Gasteiger partial charge in [-0.2, -0.15) is 0 Å². The molecular formula is C15H17N10-3. The summed E-state index contributed by atoms with van der Waals surface area (Å²) in [6.07, 6.45) is 24.5. The van der Waals surface area contributed by atoms with Gasteiger partial charge in [-0.1, -0.05) is 56.2 Å². The zero-order valence-electron chi connectivity index (χ0n) is 13.2. The molecule has 0 aliphatic carbocycles. The Morgan fingerprint density at radius 3 is 0.960 bits per heavy atom. The lowest BCUT2D eigenvalue weighted by Crippen LogP contribution is -1.50. The zero-order chi connectivity index (χ0) is 17.7. The van der Waals surface area contributed by atoms with E-state index in [2.05, 4.69) is 49.8 Å². The Bertz CT molecular complexity index is 459. The number of nitrogens with one attached hydrogen (secondary N) is 2. The van der Waals surface area contributed by atoms with Crippen LogP contribution in [0.3, 0.4) is 0 Å². The highest BCUT2D eigenvalue weighted by Crippen LogP contribution is 1.63. The molecular weight excluding hydrogens is 320 g/mol. The molecule has 25 heavy (non-hydrogen) atoms. The first-order valence-electron chi connectivity index (χ1n) is 6.95. The van der Waals surface area contributed by atoms with E-state index in [0.29, 0.717) is 0 Å². The van der Waals surface area contributed by atoms with Gasteiger partial charge in [0.05, 0.1) is 12.7 Å². The van der Waals surface area contributed by atoms with Crippen molar-refractivity contribution in [1.82, 2.24) is 49.8 Å². The van der Waals surface area contributed by atoms with Crippen molar-refractivity contribution in [1.29, 1.82) is 0 Å². The summed E-state index contributed by atoms with van der Waals surface area (Å²) in [6, 6.07) is 0. The van der Waals surface area contributed by atoms with Gasteiger partial charge in [0.2, 0.25) is 0 Å². The standard InChI is InChI=1S/2C3H4N2.3C3H3N2/c5*1-2-5-3-4-1/h2*1-3H,(H,4,5);3*1-3H/q;;3*-1. The largest absolute Gasteiger partial charge is 0.450 e. The number of aromatic amines is 2. The van der Waals surface area contributed by atoms with Gasteiger partial charge in [-0.05, 0) is 0 Å². The summed E-state index contributed by atoms with van der Waals surface area (Å²) in [5.41, 5.74) is 0. The number of imidazole rings is 5. The van der Waals surface area contributed by atoms with E-state index in [1.54, 1.807) is 74.6 Å². The van der Waals surface area contributed by atoms with Crippen LogP contribution in [-0.2, 0) is 0 Å². The first kappa shape index (κ1) is 19.1. The van der Waals surface area contributed by atoms with Crippen molar-refractivity contribution < 1.29 is 0 Å². The second-order valence-corrected chi connectivity index (χ2v) is 3.66. The maximum atomic E-state index is 3.67. The highest BCUT2D eigenvalue weighted by molar-refractivity contribution is 4.66. The van der Waals surface area contributed by atoms with Gasteiger partial charge < -0.3 is 39.9 Å². The Balaban J connectivity index is 0.000000156. The van der Waals surface area contributed by atoms with E-state index in [0.717, 1.165) is 0 Å². The molecule has 5 aromatic heterocycles. The summed E-state index contributed by atoms with van der Waals surface area (Å²) in [5.74, 6) is 0. The number of nitrogens with zero attached hydrogens (tertiary/aromatic N) is 8. The van der Waals surface area contributed by atoms with E-state index < -0.39 is 0 Å². The van der Waals surface area contributed by atoms with E-state index >= 15 is 0 Å². The molecule has 10 heteroatoms. The maximum absolute atomic E-state index is 3.67. The van der Waals surface area contributed by atoms with E-state index in [9.17, 15) is 0 Å². The van der Waals surface area contributed by atoms with Crippen LogP contribution in [0.4, 0.5) is 0 Å². The molecule has 5 heterocycles. The number of hydrogen-bond acceptors (Lipinski definition) is 5. The SMILES string of the molecule is c1c[n-]cn1.c1c[n-]cn1.c1c[n-]cn1.c1c[nH]cn1.c1c[nH]cn1. The van der Waals surface area contributed by atoms with Crippen LogP contribution in [0.25, 0.3) is 0 Å². The molecule has 5 aromatic rings. The summed E-state index contributed by atoms with van der Waals surface area (Å²) in [5, 5.41) is 0. The van der Waals surface area contributed by atoms with E-state index in [1.807, 2.05) is 0 Å². The molecule has 0 bridgehead atoms. The van der Waals surface area contributed by atoms with Crippen LogP contribution in [0.2, 0.25) is 0 Å². The first-order chi connectivity index (χ1) is 12.5. The molecule has 10 nitrogen and oxygen atoms in total. The molecule has 0 saturated heterocycles. The first-order valence-corrected chi connectivity index (χ1v) is 6.95. The Labute approximate surface area is 144 Å². The normalized spacial score (nSPS) is 8.00. The van der Waals surface area contributed by atoms with Crippen molar-refractivity contribution in [3.63, 3.8) is 0 Å². The predicted octanol–water partition coefficient (Wildman–Crippen LogP) is 0.936. The van der Waals surface area contributed by atoms with Gasteiger partial charge in [-0.3, -0.25) is 0 Å². The molecule has 130 valence electrons. The van der Waals surface area contributed by atoms with Crippen LogP contribution >= 0.6 is 0 Å². The van der Waals surface area contributed by atoms with Crippen molar-refractivity contribution in [2.75, 3.05) is 0 Å². The van der Waals surface area contributed by atoms with Gasteiger partial charge in [0.25, 0.3) is 0 Å². The van der Waals surface area contributed by atoms with Crippen molar-refractivity contribution in [3.05, 3.63) is 93.6 Å². The predicted molar refractivity (Wildman–Crippen MR) is 89.8 cm³/mol. The summed E-state index contributed by atoms with van der Waals surface area (Å²) in [7, 11) is 0. The molecule has 0 fully saturated rings. The van der Waals surface area contributed by atoms with Gasteiger partial charge >= 0.3 is 0 Å². The number of aromatic nitrogens is 10. The van der Waals surface area contributed by atoms with Crippen LogP contribution < -0.4 is 15.0 Å². The van der Waals surface area contributed by atoms with Crippen LogP contribution in [0, 0.1) is 0 Å². The van der Waals surface area contributed by atoms with Crippen LogP contribution in [-0.4, -0.2) is 34.9 Å². The van der Waals surface area contributed by atoms with Crippen molar-refractivity contribution >= 4 is 0 Å². The molecule has 0 spiro atoms. The summed E-state index contributed by atoms with van der Waals surface area (Å²) < 4.78 is 0. The lowest BCUT2D eigenvalue weighted by molar-refractivity contribution is 1.29. The van der Waals surface area contributed by atoms with Gasteiger partial charge in [-0.15, -0.1) is 0 Å².